The maximum Gasteiger partial charge on any atom is 0.146 e. The normalized spacial score (nSPS) is 10.7. The summed E-state index contributed by atoms with van der Waals surface area (Å²) in [5.41, 5.74) is 7.71. The van der Waals surface area contributed by atoms with Crippen LogP contribution in [-0.2, 0) is 13.2 Å². The molecule has 0 aliphatic carbocycles. The molecule has 0 bridgehead atoms. The summed E-state index contributed by atoms with van der Waals surface area (Å²) in [5.74, 6) is 2.22. The summed E-state index contributed by atoms with van der Waals surface area (Å²) < 4.78 is 11.2. The van der Waals surface area contributed by atoms with Crippen LogP contribution >= 0.6 is 11.6 Å². The molecule has 2 N–H and O–H groups in total. The molecule has 0 fully saturated rings. The van der Waals surface area contributed by atoms with Gasteiger partial charge in [0, 0.05) is 0 Å². The van der Waals surface area contributed by atoms with Gasteiger partial charge in [-0.1, -0.05) is 17.7 Å². The van der Waals surface area contributed by atoms with Crippen molar-refractivity contribution in [3.8, 4) is 5.75 Å². The van der Waals surface area contributed by atoms with E-state index in [0.717, 1.165) is 22.6 Å². The fourth-order valence-corrected chi connectivity index (χ4v) is 1.91. The third kappa shape index (κ3) is 2.86. The van der Waals surface area contributed by atoms with Crippen molar-refractivity contribution in [2.75, 3.05) is 0 Å². The van der Waals surface area contributed by atoms with Crippen molar-refractivity contribution in [3.05, 3.63) is 51.9 Å². The second kappa shape index (κ2) is 5.46. The predicted octanol–water partition coefficient (Wildman–Crippen LogP) is 3.59. The standard InChI is InChI=1S/C14H16ClNO2/c1-9-3-4-12(15)13(5-9)17-8-11-6-10(2)14(7-16)18-11/h3-6H,7-8,16H2,1-2H3. The Labute approximate surface area is 111 Å². The number of rotatable bonds is 4. The average molecular weight is 266 g/mol. The first kappa shape index (κ1) is 13.0. The summed E-state index contributed by atoms with van der Waals surface area (Å²) in [6.45, 7) is 4.71. The lowest BCUT2D eigenvalue weighted by atomic mass is 10.2. The minimum atomic E-state index is 0.351. The van der Waals surface area contributed by atoms with Gasteiger partial charge in [0.15, 0.2) is 0 Å². The number of furan rings is 1. The molecule has 0 spiro atoms. The minimum absolute atomic E-state index is 0.351. The van der Waals surface area contributed by atoms with Gasteiger partial charge in [0.25, 0.3) is 0 Å². The SMILES string of the molecule is Cc1ccc(Cl)c(OCc2cc(C)c(CN)o2)c1. The van der Waals surface area contributed by atoms with E-state index >= 15 is 0 Å². The van der Waals surface area contributed by atoms with Crippen LogP contribution in [-0.4, -0.2) is 0 Å². The van der Waals surface area contributed by atoms with Gasteiger partial charge in [0.05, 0.1) is 11.6 Å². The molecule has 0 saturated carbocycles. The second-order valence-electron chi connectivity index (χ2n) is 4.25. The third-order valence-corrected chi connectivity index (χ3v) is 3.03. The van der Waals surface area contributed by atoms with Crippen LogP contribution in [0, 0.1) is 13.8 Å². The molecule has 0 aliphatic heterocycles. The predicted molar refractivity (Wildman–Crippen MR) is 71.9 cm³/mol. The molecule has 96 valence electrons. The average Bonchev–Trinajstić information content (AvgIpc) is 2.71. The van der Waals surface area contributed by atoms with Crippen molar-refractivity contribution in [2.45, 2.75) is 27.0 Å². The van der Waals surface area contributed by atoms with Crippen LogP contribution in [0.4, 0.5) is 0 Å². The van der Waals surface area contributed by atoms with E-state index in [2.05, 4.69) is 0 Å². The number of hydrogen-bond acceptors (Lipinski definition) is 3. The fourth-order valence-electron chi connectivity index (χ4n) is 1.73. The van der Waals surface area contributed by atoms with E-state index in [0.29, 0.717) is 23.9 Å². The van der Waals surface area contributed by atoms with Gasteiger partial charge in [-0.15, -0.1) is 0 Å². The zero-order valence-electron chi connectivity index (χ0n) is 10.5. The number of hydrogen-bond donors (Lipinski definition) is 1. The van der Waals surface area contributed by atoms with E-state index in [4.69, 9.17) is 26.5 Å². The fraction of sp³-hybridized carbons (Fsp3) is 0.286. The molecule has 0 radical (unpaired) electrons. The molecular formula is C14H16ClNO2. The minimum Gasteiger partial charge on any atom is -0.484 e. The lowest BCUT2D eigenvalue weighted by Crippen LogP contribution is -1.96. The molecule has 1 aromatic heterocycles. The van der Waals surface area contributed by atoms with E-state index < -0.39 is 0 Å². The van der Waals surface area contributed by atoms with Gasteiger partial charge in [-0.05, 0) is 43.2 Å². The summed E-state index contributed by atoms with van der Waals surface area (Å²) in [6.07, 6.45) is 0. The van der Waals surface area contributed by atoms with Gasteiger partial charge in [0.2, 0.25) is 0 Å². The van der Waals surface area contributed by atoms with Gasteiger partial charge in [-0.2, -0.15) is 0 Å². The summed E-state index contributed by atoms with van der Waals surface area (Å²) in [7, 11) is 0. The first-order chi connectivity index (χ1) is 8.60. The molecule has 0 aliphatic rings. The molecule has 18 heavy (non-hydrogen) atoms. The van der Waals surface area contributed by atoms with Crippen molar-refractivity contribution in [3.63, 3.8) is 0 Å². The molecule has 2 rings (SSSR count). The zero-order chi connectivity index (χ0) is 13.1. The maximum atomic E-state index is 6.05. The van der Waals surface area contributed by atoms with E-state index in [1.165, 1.54) is 0 Å². The van der Waals surface area contributed by atoms with Crippen LogP contribution in [0.2, 0.25) is 5.02 Å². The van der Waals surface area contributed by atoms with Gasteiger partial charge < -0.3 is 14.9 Å². The lowest BCUT2D eigenvalue weighted by molar-refractivity contribution is 0.266. The summed E-state index contributed by atoms with van der Waals surface area (Å²) in [6, 6.07) is 7.61. The highest BCUT2D eigenvalue weighted by molar-refractivity contribution is 6.32. The Hall–Kier alpha value is -1.45. The number of ether oxygens (including phenoxy) is 1. The van der Waals surface area contributed by atoms with Crippen molar-refractivity contribution < 1.29 is 9.15 Å². The zero-order valence-corrected chi connectivity index (χ0v) is 11.3. The number of halogens is 1. The topological polar surface area (TPSA) is 48.4 Å². The monoisotopic (exact) mass is 265 g/mol. The molecule has 2 aromatic rings. The Morgan fingerprint density at radius 1 is 1.28 bits per heavy atom. The number of nitrogens with two attached hydrogens (primary N) is 1. The van der Waals surface area contributed by atoms with Gasteiger partial charge in [-0.25, -0.2) is 0 Å². The van der Waals surface area contributed by atoms with E-state index in [9.17, 15) is 0 Å². The van der Waals surface area contributed by atoms with Crippen molar-refractivity contribution in [2.24, 2.45) is 5.73 Å². The molecule has 3 nitrogen and oxygen atoms in total. The summed E-state index contributed by atoms with van der Waals surface area (Å²) in [4.78, 5) is 0. The Morgan fingerprint density at radius 3 is 2.72 bits per heavy atom. The highest BCUT2D eigenvalue weighted by Gasteiger charge is 2.08. The van der Waals surface area contributed by atoms with Crippen LogP contribution in [0.25, 0.3) is 0 Å². The Bertz CT molecular complexity index is 549. The van der Waals surface area contributed by atoms with Crippen molar-refractivity contribution in [1.82, 2.24) is 0 Å². The van der Waals surface area contributed by atoms with E-state index in [1.54, 1.807) is 0 Å². The third-order valence-electron chi connectivity index (χ3n) is 2.71. The van der Waals surface area contributed by atoms with Crippen molar-refractivity contribution in [1.29, 1.82) is 0 Å². The van der Waals surface area contributed by atoms with Crippen LogP contribution in [0.1, 0.15) is 22.6 Å². The Morgan fingerprint density at radius 2 is 2.06 bits per heavy atom. The molecule has 0 amide bonds. The van der Waals surface area contributed by atoms with Crippen LogP contribution < -0.4 is 10.5 Å². The largest absolute Gasteiger partial charge is 0.484 e. The van der Waals surface area contributed by atoms with Gasteiger partial charge >= 0.3 is 0 Å². The van der Waals surface area contributed by atoms with Gasteiger partial charge in [-0.3, -0.25) is 0 Å². The smallest absolute Gasteiger partial charge is 0.146 e. The molecule has 0 atom stereocenters. The van der Waals surface area contributed by atoms with E-state index in [-0.39, 0.29) is 0 Å². The Kier molecular flexibility index (Phi) is 3.94. The molecule has 1 aromatic carbocycles. The summed E-state index contributed by atoms with van der Waals surface area (Å²) >= 11 is 6.05. The first-order valence-electron chi connectivity index (χ1n) is 5.77. The van der Waals surface area contributed by atoms with Crippen LogP contribution in [0.15, 0.2) is 28.7 Å². The second-order valence-corrected chi connectivity index (χ2v) is 4.65. The number of benzene rings is 1. The highest BCUT2D eigenvalue weighted by Crippen LogP contribution is 2.26. The quantitative estimate of drug-likeness (QED) is 0.919. The van der Waals surface area contributed by atoms with E-state index in [1.807, 2.05) is 38.1 Å². The number of aryl methyl sites for hydroxylation is 2. The molecule has 4 heteroatoms. The first-order valence-corrected chi connectivity index (χ1v) is 6.15. The highest BCUT2D eigenvalue weighted by atomic mass is 35.5. The molecule has 0 saturated heterocycles. The lowest BCUT2D eigenvalue weighted by Gasteiger charge is -2.07. The van der Waals surface area contributed by atoms with Crippen LogP contribution in [0.3, 0.4) is 0 Å². The molecular weight excluding hydrogens is 250 g/mol. The maximum absolute atomic E-state index is 6.05. The Balaban J connectivity index is 2.08. The van der Waals surface area contributed by atoms with Crippen molar-refractivity contribution >= 4 is 11.6 Å². The van der Waals surface area contributed by atoms with Crippen LogP contribution in [0.5, 0.6) is 5.75 Å². The molecule has 1 heterocycles. The molecule has 0 unspecified atom stereocenters. The van der Waals surface area contributed by atoms with Gasteiger partial charge in [0.1, 0.15) is 23.9 Å². The summed E-state index contributed by atoms with van der Waals surface area (Å²) in [5, 5.41) is 0.600.